The van der Waals surface area contributed by atoms with Crippen molar-refractivity contribution in [1.82, 2.24) is 9.97 Å². The molecule has 5 nitrogen and oxygen atoms in total. The van der Waals surface area contributed by atoms with Gasteiger partial charge < -0.3 is 15.0 Å². The molecule has 0 radical (unpaired) electrons. The number of β-amino-alcohol motifs (C(OH)–C–C–N with tert-alkyl or cyclic N) is 1. The summed E-state index contributed by atoms with van der Waals surface area (Å²) >= 11 is 0. The topological polar surface area (TPSA) is 69.2 Å². The van der Waals surface area contributed by atoms with Gasteiger partial charge in [0.25, 0.3) is 5.56 Å². The molecule has 0 saturated carbocycles. The van der Waals surface area contributed by atoms with Gasteiger partial charge in [0.1, 0.15) is 0 Å². The van der Waals surface area contributed by atoms with E-state index in [0.29, 0.717) is 12.4 Å². The van der Waals surface area contributed by atoms with E-state index in [1.165, 1.54) is 6.20 Å². The summed E-state index contributed by atoms with van der Waals surface area (Å²) in [5.41, 5.74) is -0.193. The summed E-state index contributed by atoms with van der Waals surface area (Å²) in [4.78, 5) is 19.8. The van der Waals surface area contributed by atoms with Crippen LogP contribution in [0, 0.1) is 0 Å². The molecule has 14 heavy (non-hydrogen) atoms. The number of nitrogens with zero attached hydrogens (tertiary/aromatic N) is 2. The molecule has 5 heteroatoms. The zero-order chi connectivity index (χ0) is 9.97. The van der Waals surface area contributed by atoms with Crippen LogP contribution in [0.1, 0.15) is 12.8 Å². The van der Waals surface area contributed by atoms with E-state index in [2.05, 4.69) is 9.97 Å². The van der Waals surface area contributed by atoms with Gasteiger partial charge in [-0.1, -0.05) is 0 Å². The Morgan fingerprint density at radius 2 is 2.50 bits per heavy atom. The van der Waals surface area contributed by atoms with Gasteiger partial charge in [-0.3, -0.25) is 4.79 Å². The molecule has 2 N–H and O–H groups in total. The summed E-state index contributed by atoms with van der Waals surface area (Å²) in [6.45, 7) is 1.29. The second kappa shape index (κ2) is 3.79. The lowest BCUT2D eigenvalue weighted by Gasteiger charge is -2.30. The lowest BCUT2D eigenvalue weighted by Crippen LogP contribution is -2.41. The molecule has 0 spiro atoms. The predicted octanol–water partition coefficient (Wildman–Crippen LogP) is -0.269. The van der Waals surface area contributed by atoms with Crippen LogP contribution in [-0.4, -0.2) is 34.3 Å². The van der Waals surface area contributed by atoms with Crippen molar-refractivity contribution in [2.24, 2.45) is 0 Å². The third kappa shape index (κ3) is 1.77. The highest BCUT2D eigenvalue weighted by Crippen LogP contribution is 2.13. The summed E-state index contributed by atoms with van der Waals surface area (Å²) in [6.07, 6.45) is 4.42. The molecule has 76 valence electrons. The zero-order valence-corrected chi connectivity index (χ0v) is 7.81. The van der Waals surface area contributed by atoms with Gasteiger partial charge in [-0.05, 0) is 12.8 Å². The molecule has 1 aliphatic rings. The van der Waals surface area contributed by atoms with E-state index in [0.717, 1.165) is 19.4 Å². The van der Waals surface area contributed by atoms with E-state index in [4.69, 9.17) is 0 Å². The molecule has 1 saturated heterocycles. The number of aliphatic hydroxyl groups is 1. The molecule has 2 heterocycles. The Kier molecular flexibility index (Phi) is 2.49. The zero-order valence-electron chi connectivity index (χ0n) is 7.81. The average molecular weight is 195 g/mol. The van der Waals surface area contributed by atoms with Gasteiger partial charge in [0.2, 0.25) is 0 Å². The van der Waals surface area contributed by atoms with Crippen molar-refractivity contribution >= 4 is 5.82 Å². The minimum atomic E-state index is -0.342. The first-order chi connectivity index (χ1) is 6.77. The standard InChI is InChI=1S/C9H13N3O2/c13-7-2-1-5-12(6-7)8-9(14)11-4-3-10-8/h3-4,7,13H,1-2,5-6H2,(H,11,14)/t7-/m0/s1. The van der Waals surface area contributed by atoms with Gasteiger partial charge in [0.15, 0.2) is 5.82 Å². The van der Waals surface area contributed by atoms with E-state index in [1.807, 2.05) is 4.90 Å². The SMILES string of the molecule is O=c1[nH]ccnc1N1CCC[C@H](O)C1. The minimum Gasteiger partial charge on any atom is -0.391 e. The molecule has 2 rings (SSSR count). The van der Waals surface area contributed by atoms with Crippen molar-refractivity contribution in [2.45, 2.75) is 18.9 Å². The number of aromatic amines is 1. The van der Waals surface area contributed by atoms with Crippen molar-refractivity contribution < 1.29 is 5.11 Å². The fourth-order valence-corrected chi connectivity index (χ4v) is 1.72. The lowest BCUT2D eigenvalue weighted by atomic mass is 10.1. The highest BCUT2D eigenvalue weighted by atomic mass is 16.3. The number of hydrogen-bond donors (Lipinski definition) is 2. The largest absolute Gasteiger partial charge is 0.391 e. The molecular weight excluding hydrogens is 182 g/mol. The molecular formula is C9H13N3O2. The lowest BCUT2D eigenvalue weighted by molar-refractivity contribution is 0.153. The molecule has 1 aromatic heterocycles. The van der Waals surface area contributed by atoms with Crippen molar-refractivity contribution in [1.29, 1.82) is 0 Å². The molecule has 1 fully saturated rings. The number of piperidine rings is 1. The van der Waals surface area contributed by atoms with E-state index in [-0.39, 0.29) is 11.7 Å². The Hall–Kier alpha value is -1.36. The maximum absolute atomic E-state index is 11.4. The number of aromatic nitrogens is 2. The molecule has 0 aliphatic carbocycles. The summed E-state index contributed by atoms with van der Waals surface area (Å²) in [7, 11) is 0. The Morgan fingerprint density at radius 3 is 3.21 bits per heavy atom. The molecule has 0 aromatic carbocycles. The van der Waals surface area contributed by atoms with E-state index < -0.39 is 0 Å². The second-order valence-corrected chi connectivity index (χ2v) is 3.48. The molecule has 1 aromatic rings. The quantitative estimate of drug-likeness (QED) is 0.647. The Balaban J connectivity index is 2.22. The molecule has 0 unspecified atom stereocenters. The first kappa shape index (κ1) is 9.21. The average Bonchev–Trinajstić information content (AvgIpc) is 2.18. The van der Waals surface area contributed by atoms with Crippen molar-refractivity contribution in [3.63, 3.8) is 0 Å². The van der Waals surface area contributed by atoms with Crippen LogP contribution in [0.4, 0.5) is 5.82 Å². The summed E-state index contributed by atoms with van der Waals surface area (Å²) in [5.74, 6) is 0.409. The van der Waals surface area contributed by atoms with Gasteiger partial charge >= 0.3 is 0 Å². The van der Waals surface area contributed by atoms with Crippen LogP contribution in [-0.2, 0) is 0 Å². The molecule has 1 aliphatic heterocycles. The van der Waals surface area contributed by atoms with Gasteiger partial charge in [-0.25, -0.2) is 4.98 Å². The van der Waals surface area contributed by atoms with E-state index in [9.17, 15) is 9.90 Å². The van der Waals surface area contributed by atoms with Gasteiger partial charge in [0.05, 0.1) is 6.10 Å². The van der Waals surface area contributed by atoms with Crippen LogP contribution < -0.4 is 10.5 Å². The Labute approximate surface area is 81.4 Å². The first-order valence-corrected chi connectivity index (χ1v) is 4.74. The summed E-state index contributed by atoms with van der Waals surface area (Å²) in [6, 6.07) is 0. The van der Waals surface area contributed by atoms with Crippen LogP contribution in [0.2, 0.25) is 0 Å². The maximum Gasteiger partial charge on any atom is 0.290 e. The van der Waals surface area contributed by atoms with Gasteiger partial charge in [-0.15, -0.1) is 0 Å². The van der Waals surface area contributed by atoms with Crippen LogP contribution in [0.15, 0.2) is 17.2 Å². The van der Waals surface area contributed by atoms with Crippen LogP contribution in [0.5, 0.6) is 0 Å². The maximum atomic E-state index is 11.4. The fraction of sp³-hybridized carbons (Fsp3) is 0.556. The molecule has 0 amide bonds. The third-order valence-electron chi connectivity index (χ3n) is 2.38. The predicted molar refractivity (Wildman–Crippen MR) is 52.3 cm³/mol. The normalized spacial score (nSPS) is 22.4. The third-order valence-corrected chi connectivity index (χ3v) is 2.38. The Morgan fingerprint density at radius 1 is 1.64 bits per heavy atom. The Bertz CT molecular complexity index is 363. The highest BCUT2D eigenvalue weighted by molar-refractivity contribution is 5.35. The summed E-state index contributed by atoms with van der Waals surface area (Å²) < 4.78 is 0. The highest BCUT2D eigenvalue weighted by Gasteiger charge is 2.20. The van der Waals surface area contributed by atoms with Crippen LogP contribution in [0.25, 0.3) is 0 Å². The number of rotatable bonds is 1. The van der Waals surface area contributed by atoms with Crippen molar-refractivity contribution in [3.8, 4) is 0 Å². The van der Waals surface area contributed by atoms with Crippen LogP contribution >= 0.6 is 0 Å². The second-order valence-electron chi connectivity index (χ2n) is 3.48. The van der Waals surface area contributed by atoms with Crippen molar-refractivity contribution in [2.75, 3.05) is 18.0 Å². The molecule has 1 atom stereocenters. The van der Waals surface area contributed by atoms with E-state index in [1.54, 1.807) is 6.20 Å². The molecule has 0 bridgehead atoms. The van der Waals surface area contributed by atoms with Crippen LogP contribution in [0.3, 0.4) is 0 Å². The number of H-pyrrole nitrogens is 1. The first-order valence-electron chi connectivity index (χ1n) is 4.74. The number of hydrogen-bond acceptors (Lipinski definition) is 4. The van der Waals surface area contributed by atoms with Gasteiger partial charge in [-0.2, -0.15) is 0 Å². The fourth-order valence-electron chi connectivity index (χ4n) is 1.72. The van der Waals surface area contributed by atoms with Gasteiger partial charge in [0, 0.05) is 25.5 Å². The number of aliphatic hydroxyl groups excluding tert-OH is 1. The van der Waals surface area contributed by atoms with Crippen molar-refractivity contribution in [3.05, 3.63) is 22.7 Å². The van der Waals surface area contributed by atoms with E-state index >= 15 is 0 Å². The monoisotopic (exact) mass is 195 g/mol. The summed E-state index contributed by atoms with van der Waals surface area (Å²) in [5, 5.41) is 9.45. The minimum absolute atomic E-state index is 0.193. The smallest absolute Gasteiger partial charge is 0.290 e. The number of nitrogens with one attached hydrogen (secondary N) is 1. The number of anilines is 1.